The first kappa shape index (κ1) is 18.5. The molecular weight excluding hydrogens is 320 g/mol. The summed E-state index contributed by atoms with van der Waals surface area (Å²) in [4.78, 5) is 23.3. The molecule has 0 fully saturated rings. The molecular formula is C19H22N2O4. The molecule has 132 valence electrons. The molecule has 0 saturated carbocycles. The summed E-state index contributed by atoms with van der Waals surface area (Å²) in [6, 6.07) is 15.2. The van der Waals surface area contributed by atoms with Crippen molar-refractivity contribution in [3.05, 3.63) is 65.2 Å². The smallest absolute Gasteiger partial charge is 0.276 e. The Morgan fingerprint density at radius 2 is 1.48 bits per heavy atom. The van der Waals surface area contributed by atoms with Gasteiger partial charge < -0.3 is 9.47 Å². The fourth-order valence-electron chi connectivity index (χ4n) is 2.21. The van der Waals surface area contributed by atoms with Gasteiger partial charge in [0.05, 0.1) is 6.61 Å². The Bertz CT molecular complexity index is 696. The van der Waals surface area contributed by atoms with E-state index >= 15 is 0 Å². The molecule has 0 heterocycles. The van der Waals surface area contributed by atoms with Crippen LogP contribution in [0.1, 0.15) is 16.7 Å². The Hall–Kier alpha value is -2.86. The zero-order valence-electron chi connectivity index (χ0n) is 14.4. The second-order valence-corrected chi connectivity index (χ2v) is 5.69. The Balaban J connectivity index is 1.63. The van der Waals surface area contributed by atoms with Gasteiger partial charge in [-0.25, -0.2) is 0 Å². The third kappa shape index (κ3) is 7.05. The summed E-state index contributed by atoms with van der Waals surface area (Å²) < 4.78 is 10.7. The summed E-state index contributed by atoms with van der Waals surface area (Å²) in [5.74, 6) is -0.267. The molecule has 2 amide bonds. The maximum atomic E-state index is 11.7. The minimum atomic E-state index is -0.449. The van der Waals surface area contributed by atoms with Gasteiger partial charge in [0.2, 0.25) is 0 Å². The summed E-state index contributed by atoms with van der Waals surface area (Å²) >= 11 is 0. The van der Waals surface area contributed by atoms with Gasteiger partial charge in [0.1, 0.15) is 12.4 Å². The first-order chi connectivity index (χ1) is 12.0. The number of hydrazine groups is 1. The highest BCUT2D eigenvalue weighted by Crippen LogP contribution is 2.15. The monoisotopic (exact) mass is 342 g/mol. The van der Waals surface area contributed by atoms with Crippen LogP contribution in [0.4, 0.5) is 0 Å². The average molecular weight is 342 g/mol. The van der Waals surface area contributed by atoms with Crippen LogP contribution < -0.4 is 15.6 Å². The fourth-order valence-corrected chi connectivity index (χ4v) is 2.21. The van der Waals surface area contributed by atoms with Crippen molar-refractivity contribution in [1.29, 1.82) is 0 Å². The van der Waals surface area contributed by atoms with Gasteiger partial charge in [-0.1, -0.05) is 36.4 Å². The first-order valence-electron chi connectivity index (χ1n) is 7.93. The molecule has 0 atom stereocenters. The third-order valence-corrected chi connectivity index (χ3v) is 3.25. The normalized spacial score (nSPS) is 10.2. The highest BCUT2D eigenvalue weighted by molar-refractivity contribution is 5.83. The number of carbonyl (C=O) groups excluding carboxylic acids is 2. The lowest BCUT2D eigenvalue weighted by Crippen LogP contribution is -2.45. The first-order valence-corrected chi connectivity index (χ1v) is 7.93. The Morgan fingerprint density at radius 3 is 2.12 bits per heavy atom. The van der Waals surface area contributed by atoms with Crippen molar-refractivity contribution in [2.24, 2.45) is 0 Å². The number of rotatable bonds is 7. The SMILES string of the molecule is Cc1cc(C)cc(OCC(=O)NNC(=O)COCc2ccccc2)c1. The zero-order valence-corrected chi connectivity index (χ0v) is 14.4. The van der Waals surface area contributed by atoms with Crippen molar-refractivity contribution in [3.8, 4) is 5.75 Å². The quantitative estimate of drug-likeness (QED) is 0.755. The summed E-state index contributed by atoms with van der Waals surface area (Å²) in [5, 5.41) is 0. The Morgan fingerprint density at radius 1 is 0.880 bits per heavy atom. The minimum Gasteiger partial charge on any atom is -0.484 e. The molecule has 0 aliphatic heterocycles. The minimum absolute atomic E-state index is 0.146. The second-order valence-electron chi connectivity index (χ2n) is 5.69. The molecule has 0 unspecified atom stereocenters. The van der Waals surface area contributed by atoms with E-state index in [0.29, 0.717) is 12.4 Å². The second kappa shape index (κ2) is 9.44. The fraction of sp³-hybridized carbons (Fsp3) is 0.263. The van der Waals surface area contributed by atoms with E-state index in [4.69, 9.17) is 9.47 Å². The number of ether oxygens (including phenoxy) is 2. The summed E-state index contributed by atoms with van der Waals surface area (Å²) in [7, 11) is 0. The summed E-state index contributed by atoms with van der Waals surface area (Å²) in [6.45, 7) is 3.91. The average Bonchev–Trinajstić information content (AvgIpc) is 2.58. The van der Waals surface area contributed by atoms with Gasteiger partial charge in [-0.3, -0.25) is 20.4 Å². The predicted molar refractivity (Wildman–Crippen MR) is 93.8 cm³/mol. The molecule has 6 nitrogen and oxygen atoms in total. The molecule has 2 aromatic carbocycles. The number of aryl methyl sites for hydroxylation is 2. The van der Waals surface area contributed by atoms with Crippen LogP contribution >= 0.6 is 0 Å². The van der Waals surface area contributed by atoms with E-state index in [1.54, 1.807) is 0 Å². The highest BCUT2D eigenvalue weighted by atomic mass is 16.5. The number of hydrogen-bond donors (Lipinski definition) is 2. The van der Waals surface area contributed by atoms with E-state index < -0.39 is 11.8 Å². The van der Waals surface area contributed by atoms with Crippen LogP contribution in [-0.4, -0.2) is 25.0 Å². The van der Waals surface area contributed by atoms with Crippen molar-refractivity contribution in [3.63, 3.8) is 0 Å². The molecule has 0 saturated heterocycles. The van der Waals surface area contributed by atoms with Crippen molar-refractivity contribution in [1.82, 2.24) is 10.9 Å². The lowest BCUT2D eigenvalue weighted by atomic mass is 10.1. The summed E-state index contributed by atoms with van der Waals surface area (Å²) in [6.07, 6.45) is 0. The third-order valence-electron chi connectivity index (χ3n) is 3.25. The predicted octanol–water partition coefficient (Wildman–Crippen LogP) is 2.05. The molecule has 0 spiro atoms. The van der Waals surface area contributed by atoms with E-state index in [1.807, 2.05) is 62.4 Å². The van der Waals surface area contributed by atoms with E-state index in [0.717, 1.165) is 16.7 Å². The van der Waals surface area contributed by atoms with Crippen LogP contribution in [0.25, 0.3) is 0 Å². The van der Waals surface area contributed by atoms with Crippen molar-refractivity contribution >= 4 is 11.8 Å². The molecule has 6 heteroatoms. The lowest BCUT2D eigenvalue weighted by Gasteiger charge is -2.10. The lowest BCUT2D eigenvalue weighted by molar-refractivity contribution is -0.132. The summed E-state index contributed by atoms with van der Waals surface area (Å²) in [5.41, 5.74) is 7.65. The highest BCUT2D eigenvalue weighted by Gasteiger charge is 2.06. The van der Waals surface area contributed by atoms with Crippen molar-refractivity contribution in [2.75, 3.05) is 13.2 Å². The van der Waals surface area contributed by atoms with Gasteiger partial charge in [0.25, 0.3) is 11.8 Å². The zero-order chi connectivity index (χ0) is 18.1. The topological polar surface area (TPSA) is 76.7 Å². The molecule has 0 aromatic heterocycles. The molecule has 2 rings (SSSR count). The van der Waals surface area contributed by atoms with Gasteiger partial charge in [0.15, 0.2) is 6.61 Å². The Labute approximate surface area is 147 Å². The van der Waals surface area contributed by atoms with Crippen LogP contribution in [0, 0.1) is 13.8 Å². The van der Waals surface area contributed by atoms with Crippen LogP contribution in [0.15, 0.2) is 48.5 Å². The van der Waals surface area contributed by atoms with Crippen LogP contribution in [0.3, 0.4) is 0 Å². The molecule has 0 aliphatic rings. The molecule has 2 aromatic rings. The number of hydrogen-bond acceptors (Lipinski definition) is 4. The van der Waals surface area contributed by atoms with Crippen molar-refractivity contribution < 1.29 is 19.1 Å². The molecule has 0 bridgehead atoms. The van der Waals surface area contributed by atoms with Crippen LogP contribution in [0.2, 0.25) is 0 Å². The Kier molecular flexibility index (Phi) is 6.98. The van der Waals surface area contributed by atoms with E-state index in [-0.39, 0.29) is 13.2 Å². The van der Waals surface area contributed by atoms with Gasteiger partial charge >= 0.3 is 0 Å². The number of nitrogens with one attached hydrogen (secondary N) is 2. The maximum Gasteiger partial charge on any atom is 0.276 e. The number of amides is 2. The van der Waals surface area contributed by atoms with Crippen LogP contribution in [0.5, 0.6) is 5.75 Å². The molecule has 25 heavy (non-hydrogen) atoms. The van der Waals surface area contributed by atoms with E-state index in [2.05, 4.69) is 10.9 Å². The molecule has 0 aliphatic carbocycles. The number of carbonyl (C=O) groups is 2. The largest absolute Gasteiger partial charge is 0.484 e. The maximum absolute atomic E-state index is 11.7. The standard InChI is InChI=1S/C19H22N2O4/c1-14-8-15(2)10-17(9-14)25-13-19(23)21-20-18(22)12-24-11-16-6-4-3-5-7-16/h3-10H,11-13H2,1-2H3,(H,20,22)(H,21,23). The van der Waals surface area contributed by atoms with Gasteiger partial charge in [-0.15, -0.1) is 0 Å². The van der Waals surface area contributed by atoms with E-state index in [1.165, 1.54) is 0 Å². The van der Waals surface area contributed by atoms with Gasteiger partial charge in [-0.05, 0) is 42.7 Å². The number of benzene rings is 2. The van der Waals surface area contributed by atoms with E-state index in [9.17, 15) is 9.59 Å². The van der Waals surface area contributed by atoms with Crippen molar-refractivity contribution in [2.45, 2.75) is 20.5 Å². The molecule has 2 N–H and O–H groups in total. The van der Waals surface area contributed by atoms with Gasteiger partial charge in [0, 0.05) is 0 Å². The molecule has 0 radical (unpaired) electrons. The van der Waals surface area contributed by atoms with Crippen LogP contribution in [-0.2, 0) is 20.9 Å². The van der Waals surface area contributed by atoms with Gasteiger partial charge in [-0.2, -0.15) is 0 Å².